The van der Waals surface area contributed by atoms with Crippen LogP contribution in [0.5, 0.6) is 5.88 Å². The van der Waals surface area contributed by atoms with E-state index in [-0.39, 0.29) is 0 Å². The smallest absolute Gasteiger partial charge is 0.217 e. The van der Waals surface area contributed by atoms with Gasteiger partial charge in [-0.1, -0.05) is 72.8 Å². The maximum absolute atomic E-state index is 13.0. The monoisotopic (exact) mass is 528 g/mol. The Kier molecular flexibility index (Phi) is 7.08. The molecule has 0 saturated carbocycles. The Balaban J connectivity index is 1.64. The molecule has 2 heterocycles. The number of ether oxygens (including phenoxy) is 1. The number of hydrogen-bond acceptors (Lipinski definition) is 5. The van der Waals surface area contributed by atoms with Crippen LogP contribution in [0.3, 0.4) is 0 Å². The second kappa shape index (κ2) is 11.0. The Morgan fingerprint density at radius 2 is 1.68 bits per heavy atom. The largest absolute Gasteiger partial charge is 0.481 e. The van der Waals surface area contributed by atoms with Crippen LogP contribution < -0.4 is 10.1 Å². The highest BCUT2D eigenvalue weighted by molar-refractivity contribution is 5.87. The molecule has 2 aromatic heterocycles. The van der Waals surface area contributed by atoms with Crippen LogP contribution in [0.25, 0.3) is 33.0 Å². The van der Waals surface area contributed by atoms with E-state index in [0.29, 0.717) is 18.8 Å². The Morgan fingerprint density at radius 3 is 2.45 bits per heavy atom. The first-order valence-corrected chi connectivity index (χ1v) is 13.5. The fraction of sp³-hybridized carbons (Fsp3) is 0.171. The molecule has 0 fully saturated rings. The van der Waals surface area contributed by atoms with Crippen LogP contribution in [0.4, 0.5) is 0 Å². The summed E-state index contributed by atoms with van der Waals surface area (Å²) in [5.41, 5.74) is 3.17. The van der Waals surface area contributed by atoms with Gasteiger partial charge in [0.25, 0.3) is 0 Å². The predicted octanol–water partition coefficient (Wildman–Crippen LogP) is 7.29. The molecule has 0 aliphatic carbocycles. The minimum absolute atomic E-state index is 0.466. The summed E-state index contributed by atoms with van der Waals surface area (Å²) in [5.74, 6) is 0.822. The van der Waals surface area contributed by atoms with Gasteiger partial charge in [-0.3, -0.25) is 0 Å². The minimum Gasteiger partial charge on any atom is -0.481 e. The van der Waals surface area contributed by atoms with Gasteiger partial charge >= 0.3 is 0 Å². The summed E-state index contributed by atoms with van der Waals surface area (Å²) < 4.78 is 11.6. The van der Waals surface area contributed by atoms with Gasteiger partial charge in [-0.05, 0) is 78.3 Å². The number of methoxy groups -OCH3 is 1. The number of aliphatic hydroxyl groups is 1. The summed E-state index contributed by atoms with van der Waals surface area (Å²) in [7, 11) is 3.55. The van der Waals surface area contributed by atoms with Gasteiger partial charge in [0.05, 0.1) is 18.9 Å². The van der Waals surface area contributed by atoms with Gasteiger partial charge < -0.3 is 19.6 Å². The van der Waals surface area contributed by atoms with Crippen molar-refractivity contribution in [2.75, 3.05) is 20.7 Å². The molecule has 0 spiro atoms. The second-order valence-electron chi connectivity index (χ2n) is 10.1. The molecule has 4 aromatic carbocycles. The van der Waals surface area contributed by atoms with Gasteiger partial charge in [0.15, 0.2) is 0 Å². The maximum atomic E-state index is 13.0. The van der Waals surface area contributed by atoms with Crippen LogP contribution in [0.15, 0.2) is 120 Å². The SMILES string of the molecule is CNCC[C@](O)(c1cccc2ccccc12)[C@H](c1ccccc1)c1cc2cc(-c3ccco3)ccc2nc1OC. The third kappa shape index (κ3) is 4.64. The van der Waals surface area contributed by atoms with Crippen molar-refractivity contribution in [2.24, 2.45) is 0 Å². The van der Waals surface area contributed by atoms with Crippen molar-refractivity contribution in [2.45, 2.75) is 17.9 Å². The molecule has 200 valence electrons. The van der Waals surface area contributed by atoms with Crippen molar-refractivity contribution >= 4 is 21.7 Å². The van der Waals surface area contributed by atoms with Crippen molar-refractivity contribution in [1.29, 1.82) is 0 Å². The van der Waals surface area contributed by atoms with Crippen LogP contribution in [-0.2, 0) is 5.60 Å². The molecular formula is C35H32N2O3. The third-order valence-electron chi connectivity index (χ3n) is 7.74. The van der Waals surface area contributed by atoms with Gasteiger partial charge in [-0.2, -0.15) is 0 Å². The fourth-order valence-corrected chi connectivity index (χ4v) is 5.85. The van der Waals surface area contributed by atoms with Crippen molar-refractivity contribution < 1.29 is 14.3 Å². The lowest BCUT2D eigenvalue weighted by molar-refractivity contribution is 0.0118. The van der Waals surface area contributed by atoms with Gasteiger partial charge in [-0.15, -0.1) is 0 Å². The Morgan fingerprint density at radius 1 is 0.875 bits per heavy atom. The van der Waals surface area contributed by atoms with E-state index in [4.69, 9.17) is 14.1 Å². The number of pyridine rings is 1. The minimum atomic E-state index is -1.29. The first kappa shape index (κ1) is 25.8. The molecule has 5 nitrogen and oxygen atoms in total. The highest BCUT2D eigenvalue weighted by atomic mass is 16.5. The van der Waals surface area contributed by atoms with Crippen LogP contribution in [0, 0.1) is 0 Å². The first-order chi connectivity index (χ1) is 19.6. The zero-order valence-electron chi connectivity index (χ0n) is 22.7. The molecule has 0 aliphatic heterocycles. The molecule has 2 atom stereocenters. The summed E-state index contributed by atoms with van der Waals surface area (Å²) in [6.07, 6.45) is 2.15. The molecule has 5 heteroatoms. The molecule has 0 aliphatic rings. The lowest BCUT2D eigenvalue weighted by Gasteiger charge is -2.39. The highest BCUT2D eigenvalue weighted by Crippen LogP contribution is 2.48. The van der Waals surface area contributed by atoms with Crippen molar-refractivity contribution in [3.63, 3.8) is 0 Å². The predicted molar refractivity (Wildman–Crippen MR) is 161 cm³/mol. The Hall–Kier alpha value is -4.45. The van der Waals surface area contributed by atoms with Gasteiger partial charge in [0.1, 0.15) is 11.4 Å². The first-order valence-electron chi connectivity index (χ1n) is 13.5. The van der Waals surface area contributed by atoms with E-state index in [1.165, 1.54) is 0 Å². The number of nitrogens with one attached hydrogen (secondary N) is 1. The lowest BCUT2D eigenvalue weighted by atomic mass is 9.70. The topological polar surface area (TPSA) is 67.5 Å². The van der Waals surface area contributed by atoms with Crippen molar-refractivity contribution in [3.05, 3.63) is 132 Å². The number of aromatic nitrogens is 1. The standard InChI is InChI=1S/C35H32N2O3/c1-36-20-19-35(38,30-15-8-13-24-10-6-7-14-28(24)30)33(25-11-4-3-5-12-25)29-23-27-22-26(32-16-9-21-40-32)17-18-31(27)37-34(29)39-2/h3-18,21-23,33,36,38H,19-20H2,1-2H3/t33-,35+/m1/s1. The number of hydrogen-bond donors (Lipinski definition) is 2. The van der Waals surface area contributed by atoms with Gasteiger partial charge in [0, 0.05) is 22.4 Å². The van der Waals surface area contributed by atoms with Crippen LogP contribution in [0.1, 0.15) is 29.0 Å². The third-order valence-corrected chi connectivity index (χ3v) is 7.74. The normalized spacial score (nSPS) is 13.8. The number of benzene rings is 4. The molecular weight excluding hydrogens is 496 g/mol. The average Bonchev–Trinajstić information content (AvgIpc) is 3.55. The van der Waals surface area contributed by atoms with E-state index in [0.717, 1.165) is 49.7 Å². The summed E-state index contributed by atoms with van der Waals surface area (Å²) in [6, 6.07) is 36.6. The van der Waals surface area contributed by atoms with E-state index in [9.17, 15) is 5.11 Å². The summed E-state index contributed by atoms with van der Waals surface area (Å²) >= 11 is 0. The molecule has 6 rings (SSSR count). The molecule has 0 saturated heterocycles. The van der Waals surface area contributed by atoms with E-state index < -0.39 is 11.5 Å². The molecule has 0 amide bonds. The Bertz CT molecular complexity index is 1740. The van der Waals surface area contributed by atoms with Crippen molar-refractivity contribution in [1.82, 2.24) is 10.3 Å². The molecule has 0 bridgehead atoms. The molecule has 40 heavy (non-hydrogen) atoms. The van der Waals surface area contributed by atoms with E-state index in [2.05, 4.69) is 47.8 Å². The quantitative estimate of drug-likeness (QED) is 0.206. The highest BCUT2D eigenvalue weighted by Gasteiger charge is 2.43. The number of nitrogens with zero attached hydrogens (tertiary/aromatic N) is 1. The van der Waals surface area contributed by atoms with Crippen LogP contribution in [0.2, 0.25) is 0 Å². The zero-order chi connectivity index (χ0) is 27.5. The van der Waals surface area contributed by atoms with Crippen LogP contribution >= 0.6 is 0 Å². The number of rotatable bonds is 9. The number of fused-ring (bicyclic) bond motifs is 2. The lowest BCUT2D eigenvalue weighted by Crippen LogP contribution is -2.37. The number of furan rings is 1. The van der Waals surface area contributed by atoms with E-state index in [1.807, 2.05) is 73.8 Å². The zero-order valence-corrected chi connectivity index (χ0v) is 22.7. The average molecular weight is 529 g/mol. The van der Waals surface area contributed by atoms with Gasteiger partial charge in [-0.25, -0.2) is 4.98 Å². The summed E-state index contributed by atoms with van der Waals surface area (Å²) in [5, 5.41) is 19.4. The fourth-order valence-electron chi connectivity index (χ4n) is 5.85. The summed E-state index contributed by atoms with van der Waals surface area (Å²) in [6.45, 7) is 0.620. The molecule has 2 N–H and O–H groups in total. The summed E-state index contributed by atoms with van der Waals surface area (Å²) in [4.78, 5) is 4.93. The van der Waals surface area contributed by atoms with E-state index in [1.54, 1.807) is 13.4 Å². The Labute approximate surface area is 234 Å². The molecule has 0 radical (unpaired) electrons. The maximum Gasteiger partial charge on any atom is 0.217 e. The van der Waals surface area contributed by atoms with Crippen molar-refractivity contribution in [3.8, 4) is 17.2 Å². The second-order valence-corrected chi connectivity index (χ2v) is 10.1. The van der Waals surface area contributed by atoms with Crippen LogP contribution in [-0.4, -0.2) is 30.8 Å². The van der Waals surface area contributed by atoms with Gasteiger partial charge in [0.2, 0.25) is 5.88 Å². The molecule has 6 aromatic rings. The van der Waals surface area contributed by atoms with E-state index >= 15 is 0 Å². The molecule has 0 unspecified atom stereocenters.